The number of likely N-dealkylation sites (tertiary alicyclic amines) is 2. The van der Waals surface area contributed by atoms with Gasteiger partial charge in [0.25, 0.3) is 0 Å². The van der Waals surface area contributed by atoms with Crippen molar-refractivity contribution in [1.29, 1.82) is 0 Å². The van der Waals surface area contributed by atoms with E-state index in [2.05, 4.69) is 10.2 Å². The maximum Gasteiger partial charge on any atom is 0.222 e. The largest absolute Gasteiger partial charge is 0.352 e. The van der Waals surface area contributed by atoms with Crippen LogP contribution < -0.4 is 5.32 Å². The van der Waals surface area contributed by atoms with E-state index in [-0.39, 0.29) is 5.91 Å². The lowest BCUT2D eigenvalue weighted by Gasteiger charge is -2.21. The summed E-state index contributed by atoms with van der Waals surface area (Å²) in [5.74, 6) is 2.83. The van der Waals surface area contributed by atoms with E-state index in [4.69, 9.17) is 0 Å². The van der Waals surface area contributed by atoms with Gasteiger partial charge in [-0.2, -0.15) is 11.8 Å². The van der Waals surface area contributed by atoms with Gasteiger partial charge in [-0.3, -0.25) is 14.5 Å². The number of nitrogens with one attached hydrogen (secondary N) is 1. The minimum absolute atomic E-state index is 0.201. The summed E-state index contributed by atoms with van der Waals surface area (Å²) in [6.45, 7) is 4.76. The van der Waals surface area contributed by atoms with Gasteiger partial charge >= 0.3 is 0 Å². The Morgan fingerprint density at radius 3 is 2.78 bits per heavy atom. The van der Waals surface area contributed by atoms with Crippen LogP contribution in [-0.2, 0) is 9.59 Å². The zero-order valence-electron chi connectivity index (χ0n) is 14.1. The van der Waals surface area contributed by atoms with E-state index in [0.717, 1.165) is 57.2 Å². The van der Waals surface area contributed by atoms with E-state index in [0.29, 0.717) is 24.3 Å². The first-order valence-electron chi connectivity index (χ1n) is 8.96. The van der Waals surface area contributed by atoms with E-state index in [1.54, 1.807) is 11.8 Å². The Hall–Kier alpha value is -0.750. The van der Waals surface area contributed by atoms with Crippen LogP contribution in [-0.4, -0.2) is 72.4 Å². The highest BCUT2D eigenvalue weighted by Crippen LogP contribution is 2.41. The fourth-order valence-corrected chi connectivity index (χ4v) is 4.32. The number of carbonyl (C=O) groups is 2. The first kappa shape index (κ1) is 17.1. The van der Waals surface area contributed by atoms with Crippen LogP contribution in [0.15, 0.2) is 0 Å². The maximum absolute atomic E-state index is 12.1. The highest BCUT2D eigenvalue weighted by molar-refractivity contribution is 7.98. The van der Waals surface area contributed by atoms with Crippen molar-refractivity contribution >= 4 is 23.6 Å². The van der Waals surface area contributed by atoms with Crippen molar-refractivity contribution < 1.29 is 9.59 Å². The van der Waals surface area contributed by atoms with Gasteiger partial charge in [0, 0.05) is 57.4 Å². The Balaban J connectivity index is 1.47. The van der Waals surface area contributed by atoms with Crippen molar-refractivity contribution in [3.63, 3.8) is 0 Å². The third kappa shape index (κ3) is 4.63. The second-order valence-corrected chi connectivity index (χ2v) is 8.15. The quantitative estimate of drug-likeness (QED) is 0.722. The summed E-state index contributed by atoms with van der Waals surface area (Å²) in [5, 5.41) is 3.28. The predicted octanol–water partition coefficient (Wildman–Crippen LogP) is 1.19. The minimum Gasteiger partial charge on any atom is -0.352 e. The highest BCUT2D eigenvalue weighted by atomic mass is 32.2. The van der Waals surface area contributed by atoms with Gasteiger partial charge in [-0.1, -0.05) is 0 Å². The Kier molecular flexibility index (Phi) is 5.85. The molecule has 1 N–H and O–H groups in total. The van der Waals surface area contributed by atoms with E-state index >= 15 is 0 Å². The van der Waals surface area contributed by atoms with E-state index in [9.17, 15) is 9.59 Å². The van der Waals surface area contributed by atoms with Gasteiger partial charge in [0.15, 0.2) is 0 Å². The molecule has 5 nitrogen and oxygen atoms in total. The van der Waals surface area contributed by atoms with Gasteiger partial charge in [0.2, 0.25) is 11.8 Å². The molecular formula is C17H29N3O2S. The summed E-state index contributed by atoms with van der Waals surface area (Å²) in [7, 11) is 0. The van der Waals surface area contributed by atoms with Crippen molar-refractivity contribution in [3.8, 4) is 0 Å². The third-order valence-electron chi connectivity index (χ3n) is 5.41. The second-order valence-electron chi connectivity index (χ2n) is 7.16. The lowest BCUT2D eigenvalue weighted by molar-refractivity contribution is -0.127. The molecule has 130 valence electrons. The summed E-state index contributed by atoms with van der Waals surface area (Å²) < 4.78 is 0. The molecule has 3 rings (SSSR count). The molecule has 2 heterocycles. The monoisotopic (exact) mass is 339 g/mol. The smallest absolute Gasteiger partial charge is 0.222 e. The van der Waals surface area contributed by atoms with Gasteiger partial charge in [0.1, 0.15) is 0 Å². The number of hydrogen-bond donors (Lipinski definition) is 1. The van der Waals surface area contributed by atoms with Crippen molar-refractivity contribution in [2.75, 3.05) is 44.7 Å². The third-order valence-corrected chi connectivity index (χ3v) is 6.02. The molecular weight excluding hydrogens is 310 g/mol. The number of thioether (sulfide) groups is 1. The molecule has 2 amide bonds. The van der Waals surface area contributed by atoms with Crippen LogP contribution in [0, 0.1) is 11.8 Å². The van der Waals surface area contributed by atoms with E-state index < -0.39 is 0 Å². The minimum atomic E-state index is 0.201. The SMILES string of the molecule is CSCCC(=O)N[C@H]1CN(CCN2CCCC2=O)C[C@@H]1C1CC1. The summed E-state index contributed by atoms with van der Waals surface area (Å²) in [5.41, 5.74) is 0. The summed E-state index contributed by atoms with van der Waals surface area (Å²) in [4.78, 5) is 28.2. The van der Waals surface area contributed by atoms with E-state index in [1.807, 2.05) is 11.2 Å². The average Bonchev–Trinajstić information content (AvgIpc) is 3.18. The molecule has 0 unspecified atom stereocenters. The number of rotatable bonds is 8. The van der Waals surface area contributed by atoms with Crippen molar-refractivity contribution in [2.45, 2.75) is 38.1 Å². The lowest BCUT2D eigenvalue weighted by atomic mass is 9.98. The number of nitrogens with zero attached hydrogens (tertiary/aromatic N) is 2. The van der Waals surface area contributed by atoms with Gasteiger partial charge in [0.05, 0.1) is 0 Å². The summed E-state index contributed by atoms with van der Waals surface area (Å²) in [6.07, 6.45) is 7.03. The van der Waals surface area contributed by atoms with Gasteiger partial charge in [-0.15, -0.1) is 0 Å². The zero-order valence-corrected chi connectivity index (χ0v) is 14.9. The highest BCUT2D eigenvalue weighted by Gasteiger charge is 2.42. The van der Waals surface area contributed by atoms with Gasteiger partial charge in [-0.25, -0.2) is 0 Å². The molecule has 2 saturated heterocycles. The van der Waals surface area contributed by atoms with Crippen LogP contribution in [0.2, 0.25) is 0 Å². The van der Waals surface area contributed by atoms with Crippen molar-refractivity contribution in [3.05, 3.63) is 0 Å². The second kappa shape index (κ2) is 7.88. The number of hydrogen-bond acceptors (Lipinski definition) is 4. The molecule has 1 saturated carbocycles. The molecule has 3 fully saturated rings. The number of carbonyl (C=O) groups excluding carboxylic acids is 2. The Morgan fingerprint density at radius 1 is 1.30 bits per heavy atom. The molecule has 0 aromatic rings. The molecule has 0 bridgehead atoms. The van der Waals surface area contributed by atoms with Crippen LogP contribution in [0.25, 0.3) is 0 Å². The Bertz CT molecular complexity index is 442. The lowest BCUT2D eigenvalue weighted by Crippen LogP contribution is -2.41. The molecule has 6 heteroatoms. The molecule has 1 aliphatic carbocycles. The summed E-state index contributed by atoms with van der Waals surface area (Å²) >= 11 is 1.72. The normalized spacial score (nSPS) is 28.6. The van der Waals surface area contributed by atoms with Crippen molar-refractivity contribution in [1.82, 2.24) is 15.1 Å². The molecule has 23 heavy (non-hydrogen) atoms. The predicted molar refractivity (Wildman–Crippen MR) is 93.4 cm³/mol. The molecule has 0 aromatic heterocycles. The number of amides is 2. The standard InChI is InChI=1S/C17H29N3O2S/c1-23-10-6-16(21)18-15-12-19(11-14(15)13-4-5-13)8-9-20-7-2-3-17(20)22/h13-15H,2-12H2,1H3,(H,18,21)/t14-,15+/m1/s1. The fourth-order valence-electron chi connectivity index (χ4n) is 3.93. The van der Waals surface area contributed by atoms with Gasteiger partial charge < -0.3 is 10.2 Å². The Morgan fingerprint density at radius 2 is 2.13 bits per heavy atom. The topological polar surface area (TPSA) is 52.7 Å². The fraction of sp³-hybridized carbons (Fsp3) is 0.882. The first-order chi connectivity index (χ1) is 11.2. The van der Waals surface area contributed by atoms with E-state index in [1.165, 1.54) is 12.8 Å². The molecule has 2 atom stereocenters. The molecule has 3 aliphatic rings. The van der Waals surface area contributed by atoms with Crippen molar-refractivity contribution in [2.24, 2.45) is 11.8 Å². The first-order valence-corrected chi connectivity index (χ1v) is 10.3. The Labute approximate surface area is 143 Å². The molecule has 0 spiro atoms. The van der Waals surface area contributed by atoms with Gasteiger partial charge in [-0.05, 0) is 37.4 Å². The molecule has 0 aromatic carbocycles. The van der Waals surface area contributed by atoms with Crippen LogP contribution in [0.4, 0.5) is 0 Å². The van der Waals surface area contributed by atoms with Crippen LogP contribution in [0.5, 0.6) is 0 Å². The van der Waals surface area contributed by atoms with Crippen LogP contribution in [0.1, 0.15) is 32.1 Å². The van der Waals surface area contributed by atoms with Crippen LogP contribution >= 0.6 is 11.8 Å². The average molecular weight is 340 g/mol. The summed E-state index contributed by atoms with van der Waals surface area (Å²) in [6, 6.07) is 0.311. The molecule has 2 aliphatic heterocycles. The van der Waals surface area contributed by atoms with Crippen LogP contribution in [0.3, 0.4) is 0 Å². The molecule has 0 radical (unpaired) electrons. The zero-order chi connectivity index (χ0) is 16.2. The maximum atomic E-state index is 12.1.